The van der Waals surface area contributed by atoms with Crippen LogP contribution in [0.15, 0.2) is 23.3 Å². The summed E-state index contributed by atoms with van der Waals surface area (Å²) in [4.78, 5) is 41.8. The average molecular weight is 415 g/mol. The van der Waals surface area contributed by atoms with E-state index in [1.807, 2.05) is 4.98 Å². The van der Waals surface area contributed by atoms with E-state index in [0.29, 0.717) is 19.0 Å². The van der Waals surface area contributed by atoms with Gasteiger partial charge in [-0.1, -0.05) is 4.49 Å². The van der Waals surface area contributed by atoms with Crippen LogP contribution in [-0.2, 0) is 17.4 Å². The van der Waals surface area contributed by atoms with E-state index in [1.54, 1.807) is 7.05 Å². The molecule has 2 aromatic heterocycles. The largest absolute Gasteiger partial charge is 0.421 e. The highest BCUT2D eigenvalue weighted by atomic mass is 32.1. The number of hydrogen-bond acceptors (Lipinski definition) is 6. The number of nitrogens with zero attached hydrogens (tertiary/aromatic N) is 4. The molecular weight excluding hydrogens is 399 g/mol. The van der Waals surface area contributed by atoms with Gasteiger partial charge < -0.3 is 14.8 Å². The number of carbonyl (C=O) groups excluding carboxylic acids is 2. The number of pyridine rings is 1. The molecule has 1 aliphatic heterocycles. The lowest BCUT2D eigenvalue weighted by atomic mass is 10.1. The third kappa shape index (κ3) is 4.21. The number of aromatic amines is 1. The summed E-state index contributed by atoms with van der Waals surface area (Å²) in [7, 11) is 1.62. The lowest BCUT2D eigenvalue weighted by Gasteiger charge is -2.25. The Morgan fingerprint density at radius 3 is 2.82 bits per heavy atom. The van der Waals surface area contributed by atoms with Crippen LogP contribution < -0.4 is 5.56 Å². The quantitative estimate of drug-likeness (QED) is 0.808. The van der Waals surface area contributed by atoms with Gasteiger partial charge >= 0.3 is 6.18 Å². The number of rotatable bonds is 4. The molecule has 8 nitrogen and oxygen atoms in total. The highest BCUT2D eigenvalue weighted by molar-refractivity contribution is 7.05. The van der Waals surface area contributed by atoms with Gasteiger partial charge in [-0.25, -0.2) is 0 Å². The molecular formula is C16H16F3N5O3S. The van der Waals surface area contributed by atoms with Crippen LogP contribution in [0.5, 0.6) is 0 Å². The van der Waals surface area contributed by atoms with E-state index < -0.39 is 23.2 Å². The molecule has 1 saturated heterocycles. The normalized spacial score (nSPS) is 17.0. The minimum atomic E-state index is -4.85. The highest BCUT2D eigenvalue weighted by Gasteiger charge is 2.36. The molecule has 3 rings (SSSR count). The van der Waals surface area contributed by atoms with Gasteiger partial charge in [0.25, 0.3) is 11.5 Å². The Kier molecular flexibility index (Phi) is 5.49. The number of amides is 2. The predicted molar refractivity (Wildman–Crippen MR) is 92.8 cm³/mol. The van der Waals surface area contributed by atoms with Gasteiger partial charge in [-0.05, 0) is 24.0 Å². The topological polar surface area (TPSA) is 99.3 Å². The lowest BCUT2D eigenvalue weighted by molar-refractivity contribution is -0.138. The summed E-state index contributed by atoms with van der Waals surface area (Å²) in [5, 5.41) is 3.67. The Bertz CT molecular complexity index is 928. The number of carbonyl (C=O) groups is 2. The van der Waals surface area contributed by atoms with Crippen LogP contribution in [0.1, 0.15) is 27.2 Å². The van der Waals surface area contributed by atoms with E-state index in [4.69, 9.17) is 0 Å². The molecule has 0 aromatic carbocycles. The highest BCUT2D eigenvalue weighted by Crippen LogP contribution is 2.27. The summed E-state index contributed by atoms with van der Waals surface area (Å²) in [6, 6.07) is 0.308. The van der Waals surface area contributed by atoms with Gasteiger partial charge in [0.15, 0.2) is 0 Å². The van der Waals surface area contributed by atoms with Gasteiger partial charge in [-0.2, -0.15) is 13.2 Å². The Hall–Kier alpha value is -2.76. The summed E-state index contributed by atoms with van der Waals surface area (Å²) in [6.07, 6.45) is -1.72. The monoisotopic (exact) mass is 415 g/mol. The minimum Gasteiger partial charge on any atom is -0.341 e. The molecule has 1 aliphatic rings. The van der Waals surface area contributed by atoms with Crippen LogP contribution in [-0.4, -0.2) is 62.4 Å². The Morgan fingerprint density at radius 1 is 1.43 bits per heavy atom. The summed E-state index contributed by atoms with van der Waals surface area (Å²) < 4.78 is 42.3. The fraction of sp³-hybridized carbons (Fsp3) is 0.438. The Morgan fingerprint density at radius 2 is 2.18 bits per heavy atom. The van der Waals surface area contributed by atoms with Crippen LogP contribution in [0.3, 0.4) is 0 Å². The molecule has 150 valence electrons. The first kappa shape index (κ1) is 20.0. The number of likely N-dealkylation sites (tertiary alicyclic amines) is 1. The zero-order valence-corrected chi connectivity index (χ0v) is 15.5. The van der Waals surface area contributed by atoms with E-state index >= 15 is 0 Å². The van der Waals surface area contributed by atoms with Crippen molar-refractivity contribution in [1.29, 1.82) is 0 Å². The van der Waals surface area contributed by atoms with E-state index in [2.05, 4.69) is 9.59 Å². The number of halogens is 3. The van der Waals surface area contributed by atoms with E-state index in [1.165, 1.54) is 16.0 Å². The van der Waals surface area contributed by atoms with Gasteiger partial charge in [0.1, 0.15) is 5.56 Å². The molecule has 0 aliphatic carbocycles. The molecule has 1 fully saturated rings. The van der Waals surface area contributed by atoms with E-state index in [9.17, 15) is 27.6 Å². The van der Waals surface area contributed by atoms with E-state index in [0.717, 1.165) is 22.6 Å². The van der Waals surface area contributed by atoms with Gasteiger partial charge in [-0.3, -0.25) is 14.4 Å². The number of nitrogens with one attached hydrogen (secondary N) is 1. The number of H-pyrrole nitrogens is 1. The fourth-order valence-electron chi connectivity index (χ4n) is 2.99. The van der Waals surface area contributed by atoms with Crippen molar-refractivity contribution < 1.29 is 22.8 Å². The first-order valence-corrected chi connectivity index (χ1v) is 9.05. The van der Waals surface area contributed by atoms with Crippen molar-refractivity contribution in [2.75, 3.05) is 20.1 Å². The summed E-state index contributed by atoms with van der Waals surface area (Å²) in [5.74, 6) is -0.787. The van der Waals surface area contributed by atoms with Crippen LogP contribution in [0.25, 0.3) is 0 Å². The van der Waals surface area contributed by atoms with Crippen molar-refractivity contribution in [3.8, 4) is 0 Å². The lowest BCUT2D eigenvalue weighted by Crippen LogP contribution is -2.40. The first-order valence-electron chi connectivity index (χ1n) is 8.28. The SMILES string of the molecule is CN(C(=O)Cc1cnns1)C1CCN(C(=O)c2c[nH]c(=O)c(C(F)(F)F)c2)C1. The van der Waals surface area contributed by atoms with Gasteiger partial charge in [-0.15, -0.1) is 5.10 Å². The molecule has 0 spiro atoms. The molecule has 2 aromatic rings. The molecule has 12 heteroatoms. The molecule has 0 bridgehead atoms. The smallest absolute Gasteiger partial charge is 0.341 e. The van der Waals surface area contributed by atoms with Crippen molar-refractivity contribution in [2.24, 2.45) is 0 Å². The number of alkyl halides is 3. The maximum Gasteiger partial charge on any atom is 0.421 e. The van der Waals surface area contributed by atoms with Crippen molar-refractivity contribution in [3.63, 3.8) is 0 Å². The Labute approximate surface area is 161 Å². The average Bonchev–Trinajstić information content (AvgIpc) is 3.31. The molecule has 2 amide bonds. The van der Waals surface area contributed by atoms with Crippen molar-refractivity contribution in [1.82, 2.24) is 24.4 Å². The standard InChI is InChI=1S/C16H16F3N5O3S/c1-23(13(25)5-11-7-21-22-28-11)10-2-3-24(8-10)15(27)9-4-12(16(17,18)19)14(26)20-6-9/h4,6-7,10H,2-3,5,8H2,1H3,(H,20,26). The third-order valence-electron chi connectivity index (χ3n) is 4.58. The predicted octanol–water partition coefficient (Wildman–Crippen LogP) is 1.16. The van der Waals surface area contributed by atoms with Crippen LogP contribution in [0, 0.1) is 0 Å². The zero-order valence-electron chi connectivity index (χ0n) is 14.7. The molecule has 1 unspecified atom stereocenters. The van der Waals surface area contributed by atoms with Gasteiger partial charge in [0.2, 0.25) is 5.91 Å². The van der Waals surface area contributed by atoms with Gasteiger partial charge in [0.05, 0.1) is 29.1 Å². The molecule has 28 heavy (non-hydrogen) atoms. The summed E-state index contributed by atoms with van der Waals surface area (Å²) in [5.41, 5.74) is -2.97. The molecule has 1 atom stereocenters. The first-order chi connectivity index (χ1) is 13.2. The third-order valence-corrected chi connectivity index (χ3v) is 5.24. The van der Waals surface area contributed by atoms with Crippen molar-refractivity contribution >= 4 is 23.3 Å². The maximum atomic E-state index is 12.9. The number of aromatic nitrogens is 3. The fourth-order valence-corrected chi connectivity index (χ4v) is 3.47. The maximum absolute atomic E-state index is 12.9. The summed E-state index contributed by atoms with van der Waals surface area (Å²) in [6.45, 7) is 0.492. The van der Waals surface area contributed by atoms with Crippen LogP contribution in [0.2, 0.25) is 0 Å². The number of likely N-dealkylation sites (N-methyl/N-ethyl adjacent to an activating group) is 1. The van der Waals surface area contributed by atoms with E-state index in [-0.39, 0.29) is 30.5 Å². The second kappa shape index (κ2) is 7.70. The molecule has 0 radical (unpaired) electrons. The Balaban J connectivity index is 1.67. The number of hydrogen-bond donors (Lipinski definition) is 1. The minimum absolute atomic E-state index is 0.146. The summed E-state index contributed by atoms with van der Waals surface area (Å²) >= 11 is 1.12. The van der Waals surface area contributed by atoms with Crippen LogP contribution in [0.4, 0.5) is 13.2 Å². The molecule has 0 saturated carbocycles. The zero-order chi connectivity index (χ0) is 20.5. The second-order valence-electron chi connectivity index (χ2n) is 6.39. The molecule has 1 N–H and O–H groups in total. The van der Waals surface area contributed by atoms with Crippen LogP contribution >= 0.6 is 11.5 Å². The molecule has 3 heterocycles. The van der Waals surface area contributed by atoms with Crippen molar-refractivity contribution in [2.45, 2.75) is 25.1 Å². The second-order valence-corrected chi connectivity index (χ2v) is 7.26. The van der Waals surface area contributed by atoms with Crippen molar-refractivity contribution in [3.05, 3.63) is 44.8 Å². The van der Waals surface area contributed by atoms with Gasteiger partial charge in [0, 0.05) is 26.3 Å².